The molecular formula is C34H75N11O8. The third-order valence-electron chi connectivity index (χ3n) is 7.98. The van der Waals surface area contributed by atoms with Crippen LogP contribution in [-0.4, -0.2) is 216 Å². The lowest BCUT2D eigenvalue weighted by atomic mass is 10.0. The van der Waals surface area contributed by atoms with Gasteiger partial charge in [0.15, 0.2) is 12.2 Å². The number of likely N-dealkylation sites (N-methyl/N-ethyl adjacent to an activating group) is 3. The van der Waals surface area contributed by atoms with E-state index in [-0.39, 0.29) is 0 Å². The van der Waals surface area contributed by atoms with Crippen LogP contribution in [0.2, 0.25) is 0 Å². The van der Waals surface area contributed by atoms with Crippen LogP contribution in [-0.2, 0) is 19.2 Å². The fourth-order valence-electron chi connectivity index (χ4n) is 5.01. The maximum absolute atomic E-state index is 12.2. The van der Waals surface area contributed by atoms with Crippen LogP contribution < -0.4 is 43.0 Å². The van der Waals surface area contributed by atoms with E-state index in [0.717, 1.165) is 78.3 Å². The van der Waals surface area contributed by atoms with Crippen LogP contribution >= 0.6 is 0 Å². The minimum absolute atomic E-state index is 0.343. The van der Waals surface area contributed by atoms with Gasteiger partial charge in [-0.3, -0.25) is 19.2 Å². The van der Waals surface area contributed by atoms with Crippen molar-refractivity contribution in [3.05, 3.63) is 0 Å². The van der Waals surface area contributed by atoms with Gasteiger partial charge in [0, 0.05) is 78.5 Å². The Morgan fingerprint density at radius 1 is 0.491 bits per heavy atom. The molecule has 13 N–H and O–H groups in total. The highest BCUT2D eigenvalue weighted by molar-refractivity contribution is 5.88. The summed E-state index contributed by atoms with van der Waals surface area (Å²) in [4.78, 5) is 55.1. The molecule has 0 radical (unpaired) electrons. The van der Waals surface area contributed by atoms with E-state index in [1.807, 2.05) is 21.1 Å². The van der Waals surface area contributed by atoms with Gasteiger partial charge in [-0.1, -0.05) is 20.8 Å². The van der Waals surface area contributed by atoms with Crippen LogP contribution in [0.4, 0.5) is 0 Å². The number of aliphatic hydroxyl groups is 4. The summed E-state index contributed by atoms with van der Waals surface area (Å²) in [5.41, 5.74) is 5.47. The van der Waals surface area contributed by atoms with Crippen molar-refractivity contribution in [3.63, 3.8) is 0 Å². The first-order valence-electron chi connectivity index (χ1n) is 19.0. The fraction of sp³-hybridized carbons (Fsp3) is 0.882. The van der Waals surface area contributed by atoms with Crippen LogP contribution in [0, 0.1) is 0 Å². The van der Waals surface area contributed by atoms with Crippen molar-refractivity contribution in [2.75, 3.05) is 132 Å². The van der Waals surface area contributed by atoms with Gasteiger partial charge >= 0.3 is 0 Å². The van der Waals surface area contributed by atoms with E-state index < -0.39 is 61.1 Å². The first-order valence-corrected chi connectivity index (χ1v) is 19.0. The lowest BCUT2D eigenvalue weighted by Gasteiger charge is -2.25. The summed E-state index contributed by atoms with van der Waals surface area (Å²) in [6, 6.07) is 0. The summed E-state index contributed by atoms with van der Waals surface area (Å²) in [6.45, 7) is 17.3. The third-order valence-corrected chi connectivity index (χ3v) is 7.98. The Balaban J connectivity index is 0. The Kier molecular flexibility index (Phi) is 34.9. The third kappa shape index (κ3) is 27.6. The zero-order valence-electron chi connectivity index (χ0n) is 33.3. The number of amides is 4. The predicted molar refractivity (Wildman–Crippen MR) is 207 cm³/mol. The Morgan fingerprint density at radius 3 is 1.08 bits per heavy atom. The highest BCUT2D eigenvalue weighted by Gasteiger charge is 2.37. The van der Waals surface area contributed by atoms with Crippen LogP contribution in [0.1, 0.15) is 40.0 Å². The summed E-state index contributed by atoms with van der Waals surface area (Å²) >= 11 is 0. The smallest absolute Gasteiger partial charge is 0.252 e. The normalized spacial score (nSPS) is 13.5. The molecule has 4 amide bonds. The van der Waals surface area contributed by atoms with Gasteiger partial charge in [-0.05, 0) is 60.0 Å². The number of aliphatic hydroxyl groups excluding tert-OH is 4. The molecule has 19 heteroatoms. The fourth-order valence-corrected chi connectivity index (χ4v) is 5.01. The molecule has 53 heavy (non-hydrogen) atoms. The summed E-state index contributed by atoms with van der Waals surface area (Å²) < 4.78 is 0. The van der Waals surface area contributed by atoms with Crippen LogP contribution in [0.25, 0.3) is 0 Å². The molecule has 0 heterocycles. The Labute approximate surface area is 317 Å². The van der Waals surface area contributed by atoms with Crippen molar-refractivity contribution in [3.8, 4) is 0 Å². The maximum Gasteiger partial charge on any atom is 0.252 e. The summed E-state index contributed by atoms with van der Waals surface area (Å²) in [5.74, 6) is -3.41. The summed E-state index contributed by atoms with van der Waals surface area (Å²) in [6.07, 6.45) is -5.85. The topological polar surface area (TPSA) is 269 Å². The number of carbonyl (C=O) groups excluding carboxylic acids is 4. The molecule has 0 spiro atoms. The number of nitrogens with zero attached hydrogens (tertiary/aromatic N) is 3. The molecule has 0 aromatic rings. The van der Waals surface area contributed by atoms with Gasteiger partial charge in [-0.15, -0.1) is 0 Å². The second kappa shape index (κ2) is 35.2. The van der Waals surface area contributed by atoms with E-state index in [9.17, 15) is 39.6 Å². The van der Waals surface area contributed by atoms with E-state index >= 15 is 0 Å². The van der Waals surface area contributed by atoms with Gasteiger partial charge in [0.1, 0.15) is 12.2 Å². The summed E-state index contributed by atoms with van der Waals surface area (Å²) in [5, 5.41) is 59.2. The number of hydrogen-bond acceptors (Lipinski definition) is 15. The Hall–Kier alpha value is -2.56. The monoisotopic (exact) mass is 766 g/mol. The zero-order chi connectivity index (χ0) is 40.4. The largest absolute Gasteiger partial charge is 0.387 e. The molecule has 0 aliphatic rings. The number of nitrogens with one attached hydrogen (secondary N) is 7. The van der Waals surface area contributed by atoms with Gasteiger partial charge in [0.25, 0.3) is 11.8 Å². The zero-order valence-corrected chi connectivity index (χ0v) is 33.3. The highest BCUT2D eigenvalue weighted by Crippen LogP contribution is 2.06. The van der Waals surface area contributed by atoms with Crippen molar-refractivity contribution in [1.82, 2.24) is 51.9 Å². The molecule has 0 saturated heterocycles. The van der Waals surface area contributed by atoms with Crippen molar-refractivity contribution < 1.29 is 39.6 Å². The number of carbonyl (C=O) groups is 4. The van der Waals surface area contributed by atoms with Crippen molar-refractivity contribution in [1.29, 1.82) is 0 Å². The second-order valence-corrected chi connectivity index (χ2v) is 12.6. The molecule has 0 aromatic heterocycles. The van der Waals surface area contributed by atoms with E-state index in [0.29, 0.717) is 26.2 Å². The van der Waals surface area contributed by atoms with Crippen LogP contribution in [0.3, 0.4) is 0 Å². The second-order valence-electron chi connectivity index (χ2n) is 12.6. The molecule has 0 fully saturated rings. The van der Waals surface area contributed by atoms with Crippen molar-refractivity contribution in [2.24, 2.45) is 5.73 Å². The lowest BCUT2D eigenvalue weighted by molar-refractivity contribution is -0.155. The van der Waals surface area contributed by atoms with Crippen molar-refractivity contribution in [2.45, 2.75) is 64.4 Å². The number of hydrogen-bond donors (Lipinski definition) is 12. The van der Waals surface area contributed by atoms with E-state index in [1.165, 1.54) is 13.0 Å². The van der Waals surface area contributed by atoms with Gasteiger partial charge < -0.3 is 78.1 Å². The van der Waals surface area contributed by atoms with Crippen LogP contribution in [0.15, 0.2) is 0 Å². The van der Waals surface area contributed by atoms with Gasteiger partial charge in [0.05, 0.1) is 13.1 Å². The minimum atomic E-state index is -2.25. The molecule has 0 saturated carbocycles. The molecule has 19 nitrogen and oxygen atoms in total. The minimum Gasteiger partial charge on any atom is -0.387 e. The molecule has 4 atom stereocenters. The van der Waals surface area contributed by atoms with E-state index in [4.69, 9.17) is 5.73 Å². The van der Waals surface area contributed by atoms with Gasteiger partial charge in [-0.2, -0.15) is 0 Å². The number of rotatable bonds is 32. The van der Waals surface area contributed by atoms with E-state index in [2.05, 4.69) is 72.7 Å². The molecule has 0 unspecified atom stereocenters. The molecular weight excluding hydrogens is 690 g/mol. The van der Waals surface area contributed by atoms with E-state index in [1.54, 1.807) is 0 Å². The van der Waals surface area contributed by atoms with Crippen molar-refractivity contribution >= 4 is 23.6 Å². The first-order chi connectivity index (χ1) is 25.4. The molecule has 0 rings (SSSR count). The SMILES string of the molecule is CCCN(CCN)CCNC.CCCN(CCNC)CCNC(=O)CNC(=O)[C@@H](O)[C@@H](O)[C@H](O)[C@@H](O)C(=O)NCC(=O)NCCN(CCC)CCNC. The maximum atomic E-state index is 12.2. The Morgan fingerprint density at radius 2 is 0.792 bits per heavy atom. The van der Waals surface area contributed by atoms with Crippen LogP contribution in [0.5, 0.6) is 0 Å². The lowest BCUT2D eigenvalue weighted by Crippen LogP contribution is -2.55. The molecule has 0 bridgehead atoms. The molecule has 0 aliphatic carbocycles. The molecule has 0 aliphatic heterocycles. The predicted octanol–water partition coefficient (Wildman–Crippen LogP) is -5.37. The quantitative estimate of drug-likeness (QED) is 0.0305. The summed E-state index contributed by atoms with van der Waals surface area (Å²) in [7, 11) is 5.69. The van der Waals surface area contributed by atoms with Gasteiger partial charge in [0.2, 0.25) is 11.8 Å². The first kappa shape index (κ1) is 52.5. The highest BCUT2D eigenvalue weighted by atomic mass is 16.4. The molecule has 0 aromatic carbocycles. The average molecular weight is 766 g/mol. The standard InChI is InChI=1S/C26H54N8O8.C8H21N3/c1-5-11-33(13-7-27-3)15-9-29-19(35)17-31-25(41)23(39)21(37)22(38)24(40)26(42)32-18-20(36)30-10-16-34(12-6-2)14-8-28-4;1-3-6-11(7-4-9)8-5-10-2/h21-24,27-28,37-40H,5-18H2,1-4H3,(H,29,35)(H,30,36)(H,31,41)(H,32,42);10H,3-9H2,1-2H3/t21-,22-,23-,24+;/m0./s1. The Bertz CT molecular complexity index is 873. The molecule has 314 valence electrons. The number of nitrogens with two attached hydrogens (primary N) is 1. The van der Waals surface area contributed by atoms with Gasteiger partial charge in [-0.25, -0.2) is 0 Å². The average Bonchev–Trinajstić information content (AvgIpc) is 3.15.